The number of nitrogens with one attached hydrogen (secondary N) is 3. The number of amides is 3. The number of halogens is 1. The maximum Gasteiger partial charge on any atom is 0.325 e. The van der Waals surface area contributed by atoms with E-state index < -0.39 is 35.8 Å². The maximum atomic E-state index is 13.3. The van der Waals surface area contributed by atoms with Crippen molar-refractivity contribution in [2.45, 2.75) is 32.0 Å². The molecule has 0 bridgehead atoms. The molecule has 5 rings (SSSR count). The Labute approximate surface area is 227 Å². The average Bonchev–Trinajstić information content (AvgIpc) is 3.56. The van der Waals surface area contributed by atoms with E-state index >= 15 is 0 Å². The summed E-state index contributed by atoms with van der Waals surface area (Å²) in [6.45, 7) is 3.19. The molecule has 0 saturated carbocycles. The molecule has 2 aliphatic heterocycles. The van der Waals surface area contributed by atoms with Gasteiger partial charge in [-0.05, 0) is 38.2 Å². The lowest BCUT2D eigenvalue weighted by molar-refractivity contribution is -0.147. The van der Waals surface area contributed by atoms with Crippen molar-refractivity contribution in [2.75, 3.05) is 33.3 Å². The van der Waals surface area contributed by atoms with Crippen molar-refractivity contribution in [3.8, 4) is 0 Å². The molecule has 13 heteroatoms. The van der Waals surface area contributed by atoms with Crippen molar-refractivity contribution in [3.05, 3.63) is 50.6 Å². The fraction of sp³-hybridized carbons (Fsp3) is 0.400. The lowest BCUT2D eigenvalue weighted by atomic mass is 10.1. The molecule has 2 aromatic heterocycles. The normalized spacial score (nSPS) is 19.4. The van der Waals surface area contributed by atoms with Gasteiger partial charge in [-0.25, -0.2) is 4.98 Å². The topological polar surface area (TPSA) is 137 Å². The molecule has 11 nitrogen and oxygen atoms in total. The number of aromatic nitrogens is 2. The number of hydrogen-bond acceptors (Lipinski definition) is 8. The molecule has 4 heterocycles. The van der Waals surface area contributed by atoms with E-state index in [0.29, 0.717) is 15.5 Å². The van der Waals surface area contributed by atoms with Gasteiger partial charge in [0.15, 0.2) is 5.01 Å². The zero-order valence-electron chi connectivity index (χ0n) is 20.9. The third-order valence-corrected chi connectivity index (χ3v) is 7.89. The summed E-state index contributed by atoms with van der Waals surface area (Å²) in [5, 5.41) is 7.17. The van der Waals surface area contributed by atoms with E-state index in [1.54, 1.807) is 31.2 Å². The van der Waals surface area contributed by atoms with Crippen LogP contribution in [-0.2, 0) is 27.3 Å². The molecule has 0 radical (unpaired) electrons. The summed E-state index contributed by atoms with van der Waals surface area (Å²) in [5.41, 5.74) is 1.86. The van der Waals surface area contributed by atoms with Gasteiger partial charge in [-0.2, -0.15) is 0 Å². The largest absolute Gasteiger partial charge is 0.465 e. The molecule has 3 N–H and O–H groups in total. The Morgan fingerprint density at radius 3 is 2.84 bits per heavy atom. The molecule has 2 atom stereocenters. The summed E-state index contributed by atoms with van der Waals surface area (Å²) in [7, 11) is 2.01. The second-order valence-electron chi connectivity index (χ2n) is 9.35. The number of benzene rings is 1. The summed E-state index contributed by atoms with van der Waals surface area (Å²) in [6.07, 6.45) is 0.763. The van der Waals surface area contributed by atoms with E-state index in [-0.39, 0.29) is 25.4 Å². The van der Waals surface area contributed by atoms with Crippen molar-refractivity contribution >= 4 is 57.5 Å². The molecule has 200 valence electrons. The second kappa shape index (κ2) is 10.7. The van der Waals surface area contributed by atoms with E-state index in [2.05, 4.69) is 25.5 Å². The van der Waals surface area contributed by atoms with Crippen LogP contribution in [0.25, 0.3) is 10.9 Å². The highest BCUT2D eigenvalue weighted by molar-refractivity contribution is 7.13. The molecule has 1 aromatic carbocycles. The number of thiazole rings is 1. The Balaban J connectivity index is 1.35. The van der Waals surface area contributed by atoms with Crippen molar-refractivity contribution in [2.24, 2.45) is 0 Å². The molecule has 3 amide bonds. The molecular formula is C25H27ClN6O5S. The molecule has 2 aliphatic rings. The minimum Gasteiger partial charge on any atom is -0.465 e. The van der Waals surface area contributed by atoms with Crippen LogP contribution in [0.1, 0.15) is 37.8 Å². The minimum atomic E-state index is -1.09. The summed E-state index contributed by atoms with van der Waals surface area (Å²) < 4.78 is 4.99. The Morgan fingerprint density at radius 1 is 1.24 bits per heavy atom. The van der Waals surface area contributed by atoms with Crippen LogP contribution in [0.4, 0.5) is 0 Å². The zero-order valence-corrected chi connectivity index (χ0v) is 22.4. The van der Waals surface area contributed by atoms with Gasteiger partial charge >= 0.3 is 5.97 Å². The summed E-state index contributed by atoms with van der Waals surface area (Å²) in [6, 6.07) is 4.95. The molecule has 2 unspecified atom stereocenters. The average molecular weight is 559 g/mol. The van der Waals surface area contributed by atoms with Crippen LogP contribution in [0, 0.1) is 0 Å². The molecule has 1 saturated heterocycles. The predicted octanol–water partition coefficient (Wildman–Crippen LogP) is 1.57. The summed E-state index contributed by atoms with van der Waals surface area (Å²) in [4.78, 5) is 63.6. The van der Waals surface area contributed by atoms with E-state index in [1.165, 1.54) is 16.2 Å². The highest BCUT2D eigenvalue weighted by atomic mass is 35.5. The summed E-state index contributed by atoms with van der Waals surface area (Å²) >= 11 is 7.38. The van der Waals surface area contributed by atoms with Crippen LogP contribution in [0.2, 0.25) is 5.02 Å². The van der Waals surface area contributed by atoms with Crippen molar-refractivity contribution < 1.29 is 23.9 Å². The van der Waals surface area contributed by atoms with Gasteiger partial charge in [0.1, 0.15) is 18.3 Å². The number of carbonyl (C=O) groups excluding carboxylic acids is 4. The number of fused-ring (bicyclic) bond motifs is 2. The number of aromatic amines is 1. The first-order valence-corrected chi connectivity index (χ1v) is 13.4. The van der Waals surface area contributed by atoms with E-state index in [9.17, 15) is 19.2 Å². The van der Waals surface area contributed by atoms with Gasteiger partial charge in [0.05, 0.1) is 18.3 Å². The molecular weight excluding hydrogens is 532 g/mol. The van der Waals surface area contributed by atoms with Crippen molar-refractivity contribution in [1.82, 2.24) is 30.4 Å². The third kappa shape index (κ3) is 5.38. The molecule has 0 aliphatic carbocycles. The molecule has 1 fully saturated rings. The van der Waals surface area contributed by atoms with E-state index in [0.717, 1.165) is 35.5 Å². The number of likely N-dealkylation sites (N-methyl/N-ethyl adjacent to an activating group) is 1. The number of carbonyl (C=O) groups is 4. The van der Waals surface area contributed by atoms with Gasteiger partial charge < -0.3 is 30.2 Å². The number of hydrogen-bond donors (Lipinski definition) is 3. The van der Waals surface area contributed by atoms with Crippen LogP contribution in [0.15, 0.2) is 24.3 Å². The number of esters is 1. The fourth-order valence-electron chi connectivity index (χ4n) is 4.69. The Bertz CT molecular complexity index is 1420. The number of H-pyrrole nitrogens is 1. The zero-order chi connectivity index (χ0) is 27.0. The molecule has 3 aromatic rings. The Kier molecular flexibility index (Phi) is 7.37. The van der Waals surface area contributed by atoms with Crippen LogP contribution < -0.4 is 10.6 Å². The Hall–Kier alpha value is -3.48. The van der Waals surface area contributed by atoms with Gasteiger partial charge in [-0.1, -0.05) is 11.6 Å². The molecule has 38 heavy (non-hydrogen) atoms. The minimum absolute atomic E-state index is 0.0322. The van der Waals surface area contributed by atoms with E-state index in [4.69, 9.17) is 16.3 Å². The lowest BCUT2D eigenvalue weighted by Gasteiger charge is -2.20. The van der Waals surface area contributed by atoms with Crippen LogP contribution >= 0.6 is 22.9 Å². The van der Waals surface area contributed by atoms with E-state index in [1.807, 2.05) is 7.05 Å². The highest BCUT2D eigenvalue weighted by Crippen LogP contribution is 2.25. The fourth-order valence-corrected chi connectivity index (χ4v) is 5.96. The third-order valence-electron chi connectivity index (χ3n) is 6.57. The Morgan fingerprint density at radius 2 is 2.05 bits per heavy atom. The second-order valence-corrected chi connectivity index (χ2v) is 10.9. The first-order valence-electron chi connectivity index (χ1n) is 12.2. The monoisotopic (exact) mass is 558 g/mol. The van der Waals surface area contributed by atoms with Crippen molar-refractivity contribution in [3.63, 3.8) is 0 Å². The standard InChI is InChI=1S/C25H27ClN6O5S/c1-3-37-20(33)12-32-10-18(28-23(35)24-29-16-6-7-31(2)11-19(16)38-24)21(25(32)36)30-22(34)17-9-13-8-14(26)4-5-15(13)27-17/h4-5,8-9,18,21,27H,3,6-7,10-12H2,1-2H3,(H,28,35)(H,30,34). The van der Waals surface area contributed by atoms with Gasteiger partial charge in [0, 0.05) is 46.9 Å². The first-order chi connectivity index (χ1) is 18.2. The van der Waals surface area contributed by atoms with Gasteiger partial charge in [-0.3, -0.25) is 19.2 Å². The number of rotatable bonds is 7. The SMILES string of the molecule is CCOC(=O)CN1CC(NC(=O)c2nc3c(s2)CN(C)CC3)C(NC(=O)c2cc3cc(Cl)ccc3[nH]2)C1=O. The van der Waals surface area contributed by atoms with Gasteiger partial charge in [0.25, 0.3) is 11.8 Å². The van der Waals surface area contributed by atoms with Crippen LogP contribution in [0.5, 0.6) is 0 Å². The highest BCUT2D eigenvalue weighted by Gasteiger charge is 2.43. The van der Waals surface area contributed by atoms with Crippen LogP contribution in [-0.4, -0.2) is 88.8 Å². The quantitative estimate of drug-likeness (QED) is 0.374. The van der Waals surface area contributed by atoms with Crippen LogP contribution in [0.3, 0.4) is 0 Å². The first kappa shape index (κ1) is 26.1. The number of ether oxygens (including phenoxy) is 1. The number of likely N-dealkylation sites (tertiary alicyclic amines) is 1. The number of nitrogens with zero attached hydrogens (tertiary/aromatic N) is 3. The van der Waals surface area contributed by atoms with Gasteiger partial charge in [-0.15, -0.1) is 11.3 Å². The smallest absolute Gasteiger partial charge is 0.325 e. The maximum absolute atomic E-state index is 13.3. The van der Waals surface area contributed by atoms with Gasteiger partial charge in [0.2, 0.25) is 5.91 Å². The molecule has 0 spiro atoms. The van der Waals surface area contributed by atoms with Crippen molar-refractivity contribution in [1.29, 1.82) is 0 Å². The summed E-state index contributed by atoms with van der Waals surface area (Å²) in [5.74, 6) is -2.01. The lowest BCUT2D eigenvalue weighted by Crippen LogP contribution is -2.52. The predicted molar refractivity (Wildman–Crippen MR) is 141 cm³/mol.